The van der Waals surface area contributed by atoms with E-state index in [1.165, 1.54) is 0 Å². The molecule has 2 unspecified atom stereocenters. The van der Waals surface area contributed by atoms with Crippen LogP contribution in [0.25, 0.3) is 0 Å². The summed E-state index contributed by atoms with van der Waals surface area (Å²) in [6.45, 7) is 9.95. The SMILES string of the molecule is CCC1(COc2ccccc2CC(Cl)C(=O)O)CC(=O)c2c(cc(C(C)C)c(O)c2C(C)C)O1.N. The monoisotopic (exact) mass is 505 g/mol. The van der Waals surface area contributed by atoms with Crippen LogP contribution in [0.3, 0.4) is 0 Å². The molecule has 1 heterocycles. The number of benzene rings is 2. The minimum Gasteiger partial charge on any atom is -0.507 e. The number of carbonyl (C=O) groups is 2. The minimum atomic E-state index is -1.09. The summed E-state index contributed by atoms with van der Waals surface area (Å²) < 4.78 is 12.6. The van der Waals surface area contributed by atoms with E-state index >= 15 is 0 Å². The maximum absolute atomic E-state index is 13.4. The number of ketones is 1. The van der Waals surface area contributed by atoms with Gasteiger partial charge < -0.3 is 25.8 Å². The third-order valence-corrected chi connectivity index (χ3v) is 6.73. The van der Waals surface area contributed by atoms with Crippen molar-refractivity contribution in [2.75, 3.05) is 6.61 Å². The number of hydrogen-bond donors (Lipinski definition) is 3. The lowest BCUT2D eigenvalue weighted by molar-refractivity contribution is -0.136. The van der Waals surface area contributed by atoms with Gasteiger partial charge in [-0.15, -0.1) is 11.6 Å². The Kier molecular flexibility index (Phi) is 9.20. The molecule has 192 valence electrons. The van der Waals surface area contributed by atoms with Gasteiger partial charge in [0.2, 0.25) is 0 Å². The van der Waals surface area contributed by atoms with E-state index in [-0.39, 0.29) is 49.0 Å². The molecule has 1 aliphatic rings. The second-order valence-corrected chi connectivity index (χ2v) is 10.1. The molecule has 8 heteroatoms. The molecule has 2 atom stereocenters. The van der Waals surface area contributed by atoms with Crippen molar-refractivity contribution >= 4 is 23.4 Å². The summed E-state index contributed by atoms with van der Waals surface area (Å²) in [5.41, 5.74) is 1.61. The van der Waals surface area contributed by atoms with Crippen LogP contribution in [0.5, 0.6) is 17.2 Å². The highest BCUT2D eigenvalue weighted by atomic mass is 35.5. The third kappa shape index (κ3) is 5.90. The average Bonchev–Trinajstić information content (AvgIpc) is 2.78. The molecule has 2 aromatic carbocycles. The first-order valence-corrected chi connectivity index (χ1v) is 12.1. The van der Waals surface area contributed by atoms with Crippen LogP contribution in [-0.4, -0.2) is 39.6 Å². The molecular weight excluding hydrogens is 470 g/mol. The van der Waals surface area contributed by atoms with E-state index in [4.69, 9.17) is 26.2 Å². The second-order valence-electron chi connectivity index (χ2n) is 9.56. The van der Waals surface area contributed by atoms with Crippen LogP contribution in [0.2, 0.25) is 0 Å². The van der Waals surface area contributed by atoms with Crippen molar-refractivity contribution < 1.29 is 29.3 Å². The molecule has 0 aromatic heterocycles. The highest BCUT2D eigenvalue weighted by Crippen LogP contribution is 2.46. The van der Waals surface area contributed by atoms with Crippen LogP contribution in [0.15, 0.2) is 30.3 Å². The van der Waals surface area contributed by atoms with Crippen LogP contribution in [0.1, 0.15) is 86.3 Å². The number of phenolic OH excluding ortho intramolecular Hbond substituents is 1. The number of phenols is 1. The van der Waals surface area contributed by atoms with Crippen molar-refractivity contribution in [3.05, 3.63) is 52.6 Å². The molecule has 0 fully saturated rings. The first-order chi connectivity index (χ1) is 16.0. The maximum Gasteiger partial charge on any atom is 0.321 e. The number of carbonyl (C=O) groups excluding carboxylic acids is 1. The molecule has 0 radical (unpaired) electrons. The van der Waals surface area contributed by atoms with Crippen molar-refractivity contribution in [1.29, 1.82) is 0 Å². The zero-order valence-electron chi connectivity index (χ0n) is 21.1. The Bertz CT molecular complexity index is 1080. The summed E-state index contributed by atoms with van der Waals surface area (Å²) in [5.74, 6) is -0.00267. The van der Waals surface area contributed by atoms with Crippen molar-refractivity contribution in [1.82, 2.24) is 6.15 Å². The molecule has 7 nitrogen and oxygen atoms in total. The van der Waals surface area contributed by atoms with Crippen molar-refractivity contribution in [3.63, 3.8) is 0 Å². The van der Waals surface area contributed by atoms with Crippen molar-refractivity contribution in [3.8, 4) is 17.2 Å². The number of halogens is 1. The molecule has 0 saturated carbocycles. The zero-order valence-corrected chi connectivity index (χ0v) is 21.8. The van der Waals surface area contributed by atoms with Gasteiger partial charge in [-0.05, 0) is 36.0 Å². The standard InChI is InChI=1S/C27H33ClO6.H3N/c1-6-27(14-33-21-10-8-7-9-17(21)11-19(28)26(31)32)13-20(29)24-22(34-27)12-18(15(2)3)25(30)23(24)16(4)5;/h7-10,12,15-16,19,30H,6,11,13-14H2,1-5H3,(H,31,32);1H3. The molecule has 0 bridgehead atoms. The number of hydrogen-bond acceptors (Lipinski definition) is 6. The van der Waals surface area contributed by atoms with Crippen molar-refractivity contribution in [2.24, 2.45) is 0 Å². The summed E-state index contributed by atoms with van der Waals surface area (Å²) in [6, 6.07) is 8.92. The fraction of sp³-hybridized carbons (Fsp3) is 0.481. The molecule has 0 saturated heterocycles. The largest absolute Gasteiger partial charge is 0.507 e. The quantitative estimate of drug-likeness (QED) is 0.344. The van der Waals surface area contributed by atoms with Crippen LogP contribution < -0.4 is 15.6 Å². The fourth-order valence-corrected chi connectivity index (χ4v) is 4.56. The van der Waals surface area contributed by atoms with Gasteiger partial charge >= 0.3 is 5.97 Å². The van der Waals surface area contributed by atoms with E-state index in [0.29, 0.717) is 34.6 Å². The molecule has 3 rings (SSSR count). The Hall–Kier alpha value is -2.77. The normalized spacial score (nSPS) is 18.0. The smallest absolute Gasteiger partial charge is 0.321 e. The molecule has 1 aliphatic heterocycles. The Morgan fingerprint density at radius 3 is 2.43 bits per heavy atom. The molecule has 35 heavy (non-hydrogen) atoms. The number of aromatic hydroxyl groups is 1. The van der Waals surface area contributed by atoms with Gasteiger partial charge in [0.1, 0.15) is 34.8 Å². The van der Waals surface area contributed by atoms with E-state index in [1.54, 1.807) is 30.3 Å². The summed E-state index contributed by atoms with van der Waals surface area (Å²) in [6.07, 6.45) is 0.762. The van der Waals surface area contributed by atoms with Gasteiger partial charge in [-0.1, -0.05) is 52.8 Å². The topological polar surface area (TPSA) is 128 Å². The number of aliphatic carboxylic acids is 1. The lowest BCUT2D eigenvalue weighted by Crippen LogP contribution is -2.47. The second kappa shape index (κ2) is 11.3. The van der Waals surface area contributed by atoms with Gasteiger partial charge in [0.25, 0.3) is 0 Å². The van der Waals surface area contributed by atoms with Gasteiger partial charge in [-0.2, -0.15) is 0 Å². The van der Waals surface area contributed by atoms with Crippen LogP contribution in [-0.2, 0) is 11.2 Å². The number of Topliss-reactive ketones (excluding diaryl/α,β-unsaturated/α-hetero) is 1. The predicted molar refractivity (Wildman–Crippen MR) is 137 cm³/mol. The van der Waals surface area contributed by atoms with E-state index in [0.717, 1.165) is 5.56 Å². The molecule has 5 N–H and O–H groups in total. The first kappa shape index (κ1) is 28.5. The molecule has 0 aliphatic carbocycles. The lowest BCUT2D eigenvalue weighted by Gasteiger charge is -2.38. The summed E-state index contributed by atoms with van der Waals surface area (Å²) in [7, 11) is 0. The van der Waals surface area contributed by atoms with Crippen LogP contribution in [0.4, 0.5) is 0 Å². The third-order valence-electron chi connectivity index (χ3n) is 6.39. The minimum absolute atomic E-state index is 0. The lowest BCUT2D eigenvalue weighted by atomic mass is 9.81. The molecule has 0 amide bonds. The van der Waals surface area contributed by atoms with E-state index < -0.39 is 16.9 Å². The number of carboxylic acids is 1. The number of carboxylic acid groups (broad SMARTS) is 1. The fourth-order valence-electron chi connectivity index (χ4n) is 4.39. The summed E-state index contributed by atoms with van der Waals surface area (Å²) in [4.78, 5) is 24.6. The van der Waals surface area contributed by atoms with Gasteiger partial charge in [-0.3, -0.25) is 9.59 Å². The van der Waals surface area contributed by atoms with E-state index in [2.05, 4.69) is 0 Å². The Labute approximate surface area is 212 Å². The predicted octanol–water partition coefficient (Wildman–Crippen LogP) is 6.23. The molecule has 2 aromatic rings. The van der Waals surface area contributed by atoms with E-state index in [9.17, 15) is 14.7 Å². The number of rotatable bonds is 9. The number of para-hydroxylation sites is 1. The average molecular weight is 506 g/mol. The summed E-state index contributed by atoms with van der Waals surface area (Å²) in [5, 5.41) is 19.0. The van der Waals surface area contributed by atoms with Gasteiger partial charge in [0.15, 0.2) is 5.78 Å². The highest BCUT2D eigenvalue weighted by Gasteiger charge is 2.42. The summed E-state index contributed by atoms with van der Waals surface area (Å²) >= 11 is 5.95. The number of fused-ring (bicyclic) bond motifs is 1. The highest BCUT2D eigenvalue weighted by molar-refractivity contribution is 6.29. The first-order valence-electron chi connectivity index (χ1n) is 11.7. The Morgan fingerprint density at radius 1 is 1.20 bits per heavy atom. The molecular formula is C27H36ClNO6. The van der Waals surface area contributed by atoms with E-state index in [1.807, 2.05) is 34.6 Å². The number of alkyl halides is 1. The molecule has 0 spiro atoms. The van der Waals surface area contributed by atoms with Gasteiger partial charge in [0, 0.05) is 17.5 Å². The Balaban J connectivity index is 0.00000432. The van der Waals surface area contributed by atoms with Crippen LogP contribution in [0, 0.1) is 0 Å². The number of ether oxygens (including phenoxy) is 2. The maximum atomic E-state index is 13.4. The van der Waals surface area contributed by atoms with Crippen LogP contribution >= 0.6 is 11.6 Å². The van der Waals surface area contributed by atoms with Gasteiger partial charge in [-0.25, -0.2) is 0 Å². The van der Waals surface area contributed by atoms with Gasteiger partial charge in [0.05, 0.1) is 12.0 Å². The zero-order chi connectivity index (χ0) is 25.2. The van der Waals surface area contributed by atoms with Crippen molar-refractivity contribution in [2.45, 2.75) is 76.7 Å². The Morgan fingerprint density at radius 2 is 1.86 bits per heavy atom.